The van der Waals surface area contributed by atoms with Crippen molar-refractivity contribution < 1.29 is 0 Å². The van der Waals surface area contributed by atoms with Crippen LogP contribution in [0.5, 0.6) is 0 Å². The first-order valence-electron chi connectivity index (χ1n) is 24.4. The van der Waals surface area contributed by atoms with E-state index >= 15 is 0 Å². The minimum atomic E-state index is -0.461. The average molecular weight is 928 g/mol. The van der Waals surface area contributed by atoms with Crippen LogP contribution in [0.1, 0.15) is 48.6 Å². The summed E-state index contributed by atoms with van der Waals surface area (Å²) < 4.78 is 5.21. The van der Waals surface area contributed by atoms with E-state index in [4.69, 9.17) is 0 Å². The van der Waals surface area contributed by atoms with Crippen molar-refractivity contribution in [3.63, 3.8) is 0 Å². The Labute approximate surface area is 415 Å². The van der Waals surface area contributed by atoms with E-state index in [0.717, 1.165) is 17.1 Å². The quantitative estimate of drug-likeness (QED) is 0.170. The summed E-state index contributed by atoms with van der Waals surface area (Å²) in [7, 11) is 0. The molecule has 11 aromatic carbocycles. The van der Waals surface area contributed by atoms with Crippen LogP contribution >= 0.6 is 22.7 Å². The zero-order valence-corrected chi connectivity index (χ0v) is 40.7. The summed E-state index contributed by atoms with van der Waals surface area (Å²) in [4.78, 5) is 2.57. The van der Waals surface area contributed by atoms with Gasteiger partial charge in [-0.2, -0.15) is 0 Å². The second-order valence-electron chi connectivity index (χ2n) is 20.4. The summed E-state index contributed by atoms with van der Waals surface area (Å²) in [6.07, 6.45) is 0. The van der Waals surface area contributed by atoms with Gasteiger partial charge in [-0.1, -0.05) is 172 Å². The van der Waals surface area contributed by atoms with Crippen LogP contribution in [-0.4, -0.2) is 0 Å². The molecule has 2 aliphatic carbocycles. The lowest BCUT2D eigenvalue weighted by molar-refractivity contribution is 0.591. The normalized spacial score (nSPS) is 13.5. The summed E-state index contributed by atoms with van der Waals surface area (Å²) >= 11 is 3.78. The van der Waals surface area contributed by atoms with Gasteiger partial charge in [0.25, 0.3) is 0 Å². The van der Waals surface area contributed by atoms with Gasteiger partial charge in [-0.3, -0.25) is 0 Å². The van der Waals surface area contributed by atoms with Crippen LogP contribution in [0, 0.1) is 0 Å². The Balaban J connectivity index is 1.04. The van der Waals surface area contributed by atoms with E-state index in [1.54, 1.807) is 0 Å². The second kappa shape index (κ2) is 14.6. The maximum atomic E-state index is 2.57. The molecule has 0 atom stereocenters. The number of thiophene rings is 2. The number of hydrogen-bond donors (Lipinski definition) is 0. The minimum absolute atomic E-state index is 0.0576. The van der Waals surface area contributed by atoms with Crippen LogP contribution in [0.15, 0.2) is 218 Å². The molecule has 70 heavy (non-hydrogen) atoms. The standard InChI is InChI=1S/C67H45NS2/c1-66(2,3)43-28-34-61-54(37-43)49-31-29-45(39-63(49)70-61)68(59-33-27-40-15-6-7-18-46(40)64(59)51-22-14-26-62-65(51)50-21-10-13-25-60(50)69-62)44-30-32-57-53(38-44)52-35-41-16-4-5-17-42(41)36-58(52)67(57)55-23-11-8-19-47(55)48-20-9-12-24-56(48)67/h4-39H,1-3H3. The van der Waals surface area contributed by atoms with E-state index in [0.29, 0.717) is 0 Å². The van der Waals surface area contributed by atoms with Gasteiger partial charge in [0.15, 0.2) is 0 Å². The average Bonchev–Trinajstić information content (AvgIpc) is 4.12. The molecule has 0 aliphatic heterocycles. The lowest BCUT2D eigenvalue weighted by Crippen LogP contribution is -2.25. The number of fused-ring (bicyclic) bond motifs is 18. The van der Waals surface area contributed by atoms with E-state index < -0.39 is 5.41 Å². The molecule has 3 heteroatoms. The molecule has 0 saturated carbocycles. The van der Waals surface area contributed by atoms with Gasteiger partial charge < -0.3 is 4.90 Å². The summed E-state index contributed by atoms with van der Waals surface area (Å²) in [5, 5.41) is 10.2. The Hall–Kier alpha value is -7.82. The highest BCUT2D eigenvalue weighted by Crippen LogP contribution is 2.64. The highest BCUT2D eigenvalue weighted by Gasteiger charge is 2.52. The van der Waals surface area contributed by atoms with E-state index in [9.17, 15) is 0 Å². The molecular formula is C67H45NS2. The molecule has 0 radical (unpaired) electrons. The lowest BCUT2D eigenvalue weighted by Gasteiger charge is -2.32. The summed E-state index contributed by atoms with van der Waals surface area (Å²) in [6.45, 7) is 6.93. The molecule has 2 heterocycles. The second-order valence-corrected chi connectivity index (χ2v) is 22.5. The highest BCUT2D eigenvalue weighted by atomic mass is 32.1. The molecule has 2 aliphatic rings. The maximum Gasteiger partial charge on any atom is 0.0725 e. The van der Waals surface area contributed by atoms with Gasteiger partial charge in [0, 0.05) is 57.3 Å². The van der Waals surface area contributed by atoms with E-state index in [-0.39, 0.29) is 5.41 Å². The van der Waals surface area contributed by atoms with Gasteiger partial charge >= 0.3 is 0 Å². The van der Waals surface area contributed by atoms with Gasteiger partial charge in [-0.05, 0) is 149 Å². The third-order valence-corrected chi connectivity index (χ3v) is 17.9. The van der Waals surface area contributed by atoms with Crippen molar-refractivity contribution in [1.29, 1.82) is 0 Å². The van der Waals surface area contributed by atoms with Crippen molar-refractivity contribution in [3.8, 4) is 33.4 Å². The fourth-order valence-corrected chi connectivity index (χ4v) is 14.7. The van der Waals surface area contributed by atoms with Crippen LogP contribution in [0.25, 0.3) is 95.3 Å². The van der Waals surface area contributed by atoms with Gasteiger partial charge in [-0.15, -0.1) is 22.7 Å². The monoisotopic (exact) mass is 927 g/mol. The van der Waals surface area contributed by atoms with Crippen LogP contribution < -0.4 is 4.90 Å². The largest absolute Gasteiger partial charge is 0.310 e. The maximum absolute atomic E-state index is 2.57. The minimum Gasteiger partial charge on any atom is -0.310 e. The van der Waals surface area contributed by atoms with Crippen LogP contribution in [0.2, 0.25) is 0 Å². The summed E-state index contributed by atoms with van der Waals surface area (Å²) in [6, 6.07) is 83.3. The van der Waals surface area contributed by atoms with E-state index in [2.05, 4.69) is 244 Å². The molecule has 1 nitrogen and oxygen atoms in total. The predicted molar refractivity (Wildman–Crippen MR) is 302 cm³/mol. The molecule has 330 valence electrons. The SMILES string of the molecule is CC(C)(C)c1ccc2sc3cc(N(c4ccc5c(c4)-c4cc6ccccc6cc4C54c5ccccc5-c5ccccc54)c4ccc5ccccc5c4-c4cccc5sc6ccccc6c45)ccc3c2c1. The van der Waals surface area contributed by atoms with Gasteiger partial charge in [0.2, 0.25) is 0 Å². The predicted octanol–water partition coefficient (Wildman–Crippen LogP) is 19.5. The Bertz CT molecular complexity index is 4320. The topological polar surface area (TPSA) is 3.24 Å². The van der Waals surface area contributed by atoms with Crippen molar-refractivity contribution in [2.75, 3.05) is 4.90 Å². The van der Waals surface area contributed by atoms with Crippen LogP contribution in [-0.2, 0) is 10.8 Å². The first-order valence-corrected chi connectivity index (χ1v) is 26.0. The molecule has 1 spiro atoms. The van der Waals surface area contributed by atoms with Crippen LogP contribution in [0.3, 0.4) is 0 Å². The van der Waals surface area contributed by atoms with E-state index in [1.165, 1.54) is 123 Å². The molecular weight excluding hydrogens is 883 g/mol. The Morgan fingerprint density at radius 1 is 0.357 bits per heavy atom. The summed E-state index contributed by atoms with van der Waals surface area (Å²) in [5.74, 6) is 0. The molecule has 0 N–H and O–H groups in total. The molecule has 15 rings (SSSR count). The molecule has 0 saturated heterocycles. The molecule has 13 aromatic rings. The van der Waals surface area contributed by atoms with Gasteiger partial charge in [-0.25, -0.2) is 0 Å². The Morgan fingerprint density at radius 2 is 0.957 bits per heavy atom. The van der Waals surface area contributed by atoms with Crippen molar-refractivity contribution in [1.82, 2.24) is 0 Å². The Morgan fingerprint density at radius 3 is 1.76 bits per heavy atom. The third-order valence-electron chi connectivity index (χ3n) is 15.6. The molecule has 2 aromatic heterocycles. The highest BCUT2D eigenvalue weighted by molar-refractivity contribution is 7.26. The van der Waals surface area contributed by atoms with Gasteiger partial charge in [0.1, 0.15) is 0 Å². The van der Waals surface area contributed by atoms with Gasteiger partial charge in [0.05, 0.1) is 11.1 Å². The fraction of sp³-hybridized carbons (Fsp3) is 0.0746. The number of benzene rings is 11. The zero-order valence-electron chi connectivity index (χ0n) is 39.0. The first-order chi connectivity index (χ1) is 34.3. The van der Waals surface area contributed by atoms with E-state index in [1.807, 2.05) is 22.7 Å². The number of anilines is 3. The van der Waals surface area contributed by atoms with Crippen molar-refractivity contribution in [2.24, 2.45) is 0 Å². The first kappa shape index (κ1) is 40.1. The van der Waals surface area contributed by atoms with Crippen molar-refractivity contribution >= 4 is 102 Å². The molecule has 0 unspecified atom stereocenters. The number of nitrogens with zero attached hydrogens (tertiary/aromatic N) is 1. The number of hydrogen-bond acceptors (Lipinski definition) is 3. The fourth-order valence-electron chi connectivity index (χ4n) is 12.5. The summed E-state index contributed by atoms with van der Waals surface area (Å²) in [5.41, 5.74) is 17.5. The Kier molecular flexibility index (Phi) is 8.37. The van der Waals surface area contributed by atoms with Crippen LogP contribution in [0.4, 0.5) is 17.1 Å². The number of rotatable bonds is 4. The smallest absolute Gasteiger partial charge is 0.0725 e. The zero-order chi connectivity index (χ0) is 46.5. The van der Waals surface area contributed by atoms with Crippen molar-refractivity contribution in [2.45, 2.75) is 31.6 Å². The molecule has 0 bridgehead atoms. The molecule has 0 fully saturated rings. The third kappa shape index (κ3) is 5.53. The molecule has 0 amide bonds. The lowest BCUT2D eigenvalue weighted by atomic mass is 9.70. The van der Waals surface area contributed by atoms with Crippen molar-refractivity contribution in [3.05, 3.63) is 246 Å².